The lowest BCUT2D eigenvalue weighted by atomic mass is 9.97. The van der Waals surface area contributed by atoms with Crippen LogP contribution in [0.15, 0.2) is 54.9 Å². The van der Waals surface area contributed by atoms with E-state index in [4.69, 9.17) is 0 Å². The summed E-state index contributed by atoms with van der Waals surface area (Å²) < 4.78 is 0. The number of benzene rings is 2. The van der Waals surface area contributed by atoms with Crippen LogP contribution in [0.5, 0.6) is 0 Å². The Kier molecular flexibility index (Phi) is 5.79. The largest absolute Gasteiger partial charge is 0.340 e. The number of piperidine rings is 1. The Labute approximate surface area is 178 Å². The highest BCUT2D eigenvalue weighted by Gasteiger charge is 2.27. The van der Waals surface area contributed by atoms with Gasteiger partial charge in [-0.3, -0.25) is 4.79 Å². The molecule has 1 aliphatic heterocycles. The summed E-state index contributed by atoms with van der Waals surface area (Å²) in [6, 6.07) is 14.4. The van der Waals surface area contributed by atoms with E-state index in [0.29, 0.717) is 12.5 Å². The van der Waals surface area contributed by atoms with E-state index < -0.39 is 0 Å². The second kappa shape index (κ2) is 8.66. The van der Waals surface area contributed by atoms with Crippen molar-refractivity contribution < 1.29 is 4.79 Å². The van der Waals surface area contributed by atoms with E-state index in [0.717, 1.165) is 41.8 Å². The van der Waals surface area contributed by atoms with Crippen LogP contribution >= 0.6 is 0 Å². The number of aryl methyl sites for hydroxylation is 3. The summed E-state index contributed by atoms with van der Waals surface area (Å²) in [7, 11) is 0. The van der Waals surface area contributed by atoms with E-state index in [1.54, 1.807) is 0 Å². The molecule has 0 saturated carbocycles. The van der Waals surface area contributed by atoms with Crippen LogP contribution in [0.3, 0.4) is 0 Å². The first-order chi connectivity index (χ1) is 14.5. The molecule has 3 aromatic rings. The van der Waals surface area contributed by atoms with Gasteiger partial charge in [-0.05, 0) is 50.8 Å². The molecular formula is C25H28N4O. The Balaban J connectivity index is 1.43. The number of aromatic nitrogens is 2. The zero-order chi connectivity index (χ0) is 21.1. The van der Waals surface area contributed by atoms with E-state index in [2.05, 4.69) is 64.4 Å². The van der Waals surface area contributed by atoms with Crippen LogP contribution in [0.1, 0.15) is 29.5 Å². The first-order valence-electron chi connectivity index (χ1n) is 10.5. The lowest BCUT2D eigenvalue weighted by Crippen LogP contribution is -2.41. The lowest BCUT2D eigenvalue weighted by Gasteiger charge is -2.32. The van der Waals surface area contributed by atoms with E-state index in [1.807, 2.05) is 31.5 Å². The molecule has 1 amide bonds. The standard InChI is InChI=1S/C25H28N4O/c1-17-6-9-20(10-7-17)22-14-26-25(27-15-22)29-12-4-5-21(16-29)24(30)28-23-11-8-18(2)13-19(23)3/h6-11,13-15,21H,4-5,12,16H2,1-3H3,(H,28,30)/t21-/m1/s1. The minimum Gasteiger partial charge on any atom is -0.340 e. The number of hydrogen-bond donors (Lipinski definition) is 1. The highest BCUT2D eigenvalue weighted by atomic mass is 16.1. The molecule has 5 heteroatoms. The first kappa shape index (κ1) is 20.1. The highest BCUT2D eigenvalue weighted by molar-refractivity contribution is 5.93. The van der Waals surface area contributed by atoms with E-state index in [-0.39, 0.29) is 11.8 Å². The summed E-state index contributed by atoms with van der Waals surface area (Å²) in [6.45, 7) is 7.67. The van der Waals surface area contributed by atoms with Crippen molar-refractivity contribution in [3.05, 3.63) is 71.5 Å². The topological polar surface area (TPSA) is 58.1 Å². The van der Waals surface area contributed by atoms with Crippen molar-refractivity contribution in [2.45, 2.75) is 33.6 Å². The highest BCUT2D eigenvalue weighted by Crippen LogP contribution is 2.25. The SMILES string of the molecule is Cc1ccc(-c2cnc(N3CCC[C@@H](C(=O)Nc4ccc(C)cc4C)C3)nc2)cc1. The minimum atomic E-state index is -0.0696. The number of carbonyl (C=O) groups excluding carboxylic acids is 1. The molecule has 0 radical (unpaired) electrons. The zero-order valence-corrected chi connectivity index (χ0v) is 17.9. The van der Waals surface area contributed by atoms with Crippen LogP contribution in [0.25, 0.3) is 11.1 Å². The molecule has 5 nitrogen and oxygen atoms in total. The number of nitrogens with zero attached hydrogens (tertiary/aromatic N) is 3. The number of anilines is 2. The second-order valence-electron chi connectivity index (χ2n) is 8.23. The van der Waals surface area contributed by atoms with Crippen molar-refractivity contribution in [3.8, 4) is 11.1 Å². The molecule has 1 fully saturated rings. The maximum absolute atomic E-state index is 12.9. The number of rotatable bonds is 4. The van der Waals surface area contributed by atoms with E-state index in [1.165, 1.54) is 11.1 Å². The van der Waals surface area contributed by atoms with Gasteiger partial charge in [0.2, 0.25) is 11.9 Å². The lowest BCUT2D eigenvalue weighted by molar-refractivity contribution is -0.120. The summed E-state index contributed by atoms with van der Waals surface area (Å²) in [6.07, 6.45) is 5.57. The summed E-state index contributed by atoms with van der Waals surface area (Å²) in [5.74, 6) is 0.692. The predicted octanol–water partition coefficient (Wildman–Crippen LogP) is 4.92. The smallest absolute Gasteiger partial charge is 0.229 e. The zero-order valence-electron chi connectivity index (χ0n) is 17.9. The summed E-state index contributed by atoms with van der Waals surface area (Å²) in [5, 5.41) is 3.11. The van der Waals surface area contributed by atoms with Crippen LogP contribution in [0.4, 0.5) is 11.6 Å². The number of carbonyl (C=O) groups is 1. The van der Waals surface area contributed by atoms with Crippen molar-refractivity contribution in [2.24, 2.45) is 5.92 Å². The summed E-state index contributed by atoms with van der Waals surface area (Å²) >= 11 is 0. The molecule has 4 rings (SSSR count). The molecule has 1 aliphatic rings. The van der Waals surface area contributed by atoms with Gasteiger partial charge in [0.15, 0.2) is 0 Å². The Hall–Kier alpha value is -3.21. The van der Waals surface area contributed by atoms with Gasteiger partial charge in [0.05, 0.1) is 5.92 Å². The first-order valence-corrected chi connectivity index (χ1v) is 10.5. The maximum Gasteiger partial charge on any atom is 0.229 e. The normalized spacial score (nSPS) is 16.4. The number of hydrogen-bond acceptors (Lipinski definition) is 4. The summed E-state index contributed by atoms with van der Waals surface area (Å²) in [5.41, 5.74) is 6.51. The van der Waals surface area contributed by atoms with Gasteiger partial charge in [-0.25, -0.2) is 9.97 Å². The third-order valence-electron chi connectivity index (χ3n) is 5.74. The Morgan fingerprint density at radius 3 is 2.37 bits per heavy atom. The van der Waals surface area contributed by atoms with Crippen LogP contribution in [-0.2, 0) is 4.79 Å². The molecule has 154 valence electrons. The minimum absolute atomic E-state index is 0.0696. The molecular weight excluding hydrogens is 372 g/mol. The number of nitrogens with one attached hydrogen (secondary N) is 1. The molecule has 2 heterocycles. The van der Waals surface area contributed by atoms with E-state index >= 15 is 0 Å². The molecule has 0 bridgehead atoms. The van der Waals surface area contributed by atoms with Crippen LogP contribution in [0.2, 0.25) is 0 Å². The fraction of sp³-hybridized carbons (Fsp3) is 0.320. The van der Waals surface area contributed by atoms with Gasteiger partial charge in [0.25, 0.3) is 0 Å². The van der Waals surface area contributed by atoms with Gasteiger partial charge >= 0.3 is 0 Å². The molecule has 0 spiro atoms. The van der Waals surface area contributed by atoms with Gasteiger partial charge in [-0.15, -0.1) is 0 Å². The van der Waals surface area contributed by atoms with Gasteiger partial charge in [0.1, 0.15) is 0 Å². The molecule has 0 unspecified atom stereocenters. The third kappa shape index (κ3) is 4.51. The van der Waals surface area contributed by atoms with Gasteiger partial charge < -0.3 is 10.2 Å². The van der Waals surface area contributed by atoms with Crippen LogP contribution in [0, 0.1) is 26.7 Å². The maximum atomic E-state index is 12.9. The molecule has 1 atom stereocenters. The van der Waals surface area contributed by atoms with Gasteiger partial charge in [0, 0.05) is 36.7 Å². The average molecular weight is 401 g/mol. The molecule has 1 N–H and O–H groups in total. The van der Waals surface area contributed by atoms with Crippen molar-refractivity contribution in [1.82, 2.24) is 9.97 Å². The van der Waals surface area contributed by atoms with Crippen LogP contribution in [-0.4, -0.2) is 29.0 Å². The summed E-state index contributed by atoms with van der Waals surface area (Å²) in [4.78, 5) is 24.2. The molecule has 1 saturated heterocycles. The monoisotopic (exact) mass is 400 g/mol. The third-order valence-corrected chi connectivity index (χ3v) is 5.74. The van der Waals surface area contributed by atoms with Crippen molar-refractivity contribution in [1.29, 1.82) is 0 Å². The van der Waals surface area contributed by atoms with Gasteiger partial charge in [-0.1, -0.05) is 47.5 Å². The molecule has 1 aromatic heterocycles. The van der Waals surface area contributed by atoms with E-state index in [9.17, 15) is 4.79 Å². The van der Waals surface area contributed by atoms with Crippen molar-refractivity contribution in [3.63, 3.8) is 0 Å². The average Bonchev–Trinajstić information content (AvgIpc) is 2.76. The fourth-order valence-corrected chi connectivity index (χ4v) is 3.94. The van der Waals surface area contributed by atoms with Crippen molar-refractivity contribution >= 4 is 17.5 Å². The Morgan fingerprint density at radius 2 is 1.67 bits per heavy atom. The molecule has 2 aromatic carbocycles. The Morgan fingerprint density at radius 1 is 0.967 bits per heavy atom. The number of amides is 1. The predicted molar refractivity (Wildman–Crippen MR) is 122 cm³/mol. The van der Waals surface area contributed by atoms with Gasteiger partial charge in [-0.2, -0.15) is 0 Å². The fourth-order valence-electron chi connectivity index (χ4n) is 3.94. The molecule has 0 aliphatic carbocycles. The second-order valence-corrected chi connectivity index (χ2v) is 8.23. The van der Waals surface area contributed by atoms with Crippen LogP contribution < -0.4 is 10.2 Å². The molecule has 30 heavy (non-hydrogen) atoms. The quantitative estimate of drug-likeness (QED) is 0.675. The Bertz CT molecular complexity index is 1030. The van der Waals surface area contributed by atoms with Crippen molar-refractivity contribution in [2.75, 3.05) is 23.3 Å².